The van der Waals surface area contributed by atoms with Crippen molar-refractivity contribution in [1.82, 2.24) is 0 Å². The Morgan fingerprint density at radius 3 is 1.37 bits per heavy atom. The molecular formula is C94H76B2N2O6. The molecule has 0 N–H and O–H groups in total. The number of benzene rings is 14. The molecule has 4 heterocycles. The minimum Gasteiger partial charge on any atom is -0.455 e. The maximum absolute atomic E-state index is 7.47. The maximum Gasteiger partial charge on any atom is 0.494 e. The summed E-state index contributed by atoms with van der Waals surface area (Å²) in [6.07, 6.45) is 0.555. The second-order valence-electron chi connectivity index (χ2n) is 29.5. The summed E-state index contributed by atoms with van der Waals surface area (Å²) in [7, 11) is -1.31. The SMILES string of the molecule is CC1(C)OB(c2cc(-c3ccccc3)cc(N(c3ccc(-c4ccccc4)cc3)c3ccc(-c4cccc5c4oc4cc(CC6(C)OB(c7cc(-c8cccc9ccccc89)cc(N(c8ccc(-c9ccccc9)cc8)c8cccc9c8oc8ccccc89)c7)OC6(C)C)ccc45)cc3)c2)OC1(C)C. The normalized spacial score (nSPS) is 16.1. The molecule has 0 radical (unpaired) electrons. The molecule has 2 aliphatic heterocycles. The summed E-state index contributed by atoms with van der Waals surface area (Å²) in [6.45, 7) is 14.9. The Labute approximate surface area is 607 Å². The molecule has 2 saturated heterocycles. The molecule has 0 amide bonds. The van der Waals surface area contributed by atoms with Crippen LogP contribution in [0.15, 0.2) is 330 Å². The van der Waals surface area contributed by atoms with E-state index < -0.39 is 36.6 Å². The molecule has 16 aromatic rings. The van der Waals surface area contributed by atoms with Gasteiger partial charge in [-0.25, -0.2) is 0 Å². The van der Waals surface area contributed by atoms with Gasteiger partial charge in [0.25, 0.3) is 0 Å². The van der Waals surface area contributed by atoms with Crippen LogP contribution >= 0.6 is 0 Å². The molecule has 1 atom stereocenters. The Hall–Kier alpha value is -11.5. The van der Waals surface area contributed by atoms with E-state index in [4.69, 9.17) is 27.5 Å². The monoisotopic (exact) mass is 1350 g/mol. The molecule has 1 unspecified atom stereocenters. The number of nitrogens with zero attached hydrogens (tertiary/aromatic N) is 2. The van der Waals surface area contributed by atoms with Crippen molar-refractivity contribution in [3.8, 4) is 55.6 Å². The van der Waals surface area contributed by atoms with E-state index in [1.54, 1.807) is 0 Å². The molecule has 0 saturated carbocycles. The highest BCUT2D eigenvalue weighted by Crippen LogP contribution is 2.48. The zero-order chi connectivity index (χ0) is 70.5. The summed E-state index contributed by atoms with van der Waals surface area (Å²) in [5, 5.41) is 6.52. The predicted molar refractivity (Wildman–Crippen MR) is 431 cm³/mol. The number of hydrogen-bond acceptors (Lipinski definition) is 8. The lowest BCUT2D eigenvalue weighted by molar-refractivity contribution is -0.00875. The lowest BCUT2D eigenvalue weighted by atomic mass is 9.77. The molecule has 104 heavy (non-hydrogen) atoms. The first-order valence-corrected chi connectivity index (χ1v) is 36.0. The van der Waals surface area contributed by atoms with Crippen LogP contribution in [0.2, 0.25) is 0 Å². The number of para-hydroxylation sites is 3. The second kappa shape index (κ2) is 25.5. The van der Waals surface area contributed by atoms with Crippen LogP contribution < -0.4 is 20.7 Å². The zero-order valence-electron chi connectivity index (χ0n) is 59.3. The molecule has 18 rings (SSSR count). The van der Waals surface area contributed by atoms with Gasteiger partial charge >= 0.3 is 14.2 Å². The minimum atomic E-state index is -0.791. The van der Waals surface area contributed by atoms with Crippen LogP contribution in [0.25, 0.3) is 110 Å². The van der Waals surface area contributed by atoms with Crippen LogP contribution in [0, 0.1) is 0 Å². The van der Waals surface area contributed by atoms with Crippen LogP contribution in [0.5, 0.6) is 0 Å². The summed E-state index contributed by atoms with van der Waals surface area (Å²) in [4.78, 5) is 4.66. The van der Waals surface area contributed by atoms with E-state index >= 15 is 0 Å². The van der Waals surface area contributed by atoms with Gasteiger partial charge in [0, 0.05) is 62.0 Å². The Bertz CT molecular complexity index is 5890. The lowest BCUT2D eigenvalue weighted by Crippen LogP contribution is -2.46. The summed E-state index contributed by atoms with van der Waals surface area (Å²) in [6, 6.07) is 115. The van der Waals surface area contributed by atoms with Gasteiger partial charge in [-0.2, -0.15) is 0 Å². The molecule has 8 nitrogen and oxygen atoms in total. The van der Waals surface area contributed by atoms with Crippen molar-refractivity contribution in [2.75, 3.05) is 9.80 Å². The van der Waals surface area contributed by atoms with Crippen molar-refractivity contribution in [2.45, 2.75) is 77.3 Å². The Morgan fingerprint density at radius 1 is 0.279 bits per heavy atom. The van der Waals surface area contributed by atoms with E-state index in [0.29, 0.717) is 6.42 Å². The number of anilines is 6. The second-order valence-corrected chi connectivity index (χ2v) is 29.5. The Kier molecular flexibility index (Phi) is 15.8. The van der Waals surface area contributed by atoms with Crippen molar-refractivity contribution in [3.63, 3.8) is 0 Å². The molecule has 0 bridgehead atoms. The maximum atomic E-state index is 7.47. The quantitative estimate of drug-likeness (QED) is 0.0941. The first-order valence-electron chi connectivity index (χ1n) is 36.0. The fourth-order valence-electron chi connectivity index (χ4n) is 15.4. The molecule has 2 aliphatic rings. The number of fused-ring (bicyclic) bond motifs is 7. The van der Waals surface area contributed by atoms with Crippen LogP contribution in [0.1, 0.15) is 54.0 Å². The molecule has 2 aromatic heterocycles. The van der Waals surface area contributed by atoms with Crippen LogP contribution in [-0.2, 0) is 25.0 Å². The third-order valence-corrected chi connectivity index (χ3v) is 22.1. The van der Waals surface area contributed by atoms with Crippen molar-refractivity contribution >= 4 is 114 Å². The molecular weight excluding hydrogens is 1270 g/mol. The van der Waals surface area contributed by atoms with Crippen LogP contribution in [0.3, 0.4) is 0 Å². The molecule has 0 aliphatic carbocycles. The average Bonchev–Trinajstić information content (AvgIpc) is 1.44. The molecule has 10 heteroatoms. The first kappa shape index (κ1) is 64.6. The number of rotatable bonds is 15. The van der Waals surface area contributed by atoms with Gasteiger partial charge in [-0.05, 0) is 205 Å². The van der Waals surface area contributed by atoms with E-state index in [9.17, 15) is 0 Å². The topological polar surface area (TPSA) is 69.7 Å². The van der Waals surface area contributed by atoms with Crippen LogP contribution in [0.4, 0.5) is 34.1 Å². The van der Waals surface area contributed by atoms with E-state index in [1.165, 1.54) is 0 Å². The van der Waals surface area contributed by atoms with E-state index in [0.717, 1.165) is 161 Å². The minimum absolute atomic E-state index is 0.519. The number of hydrogen-bond donors (Lipinski definition) is 0. The van der Waals surface area contributed by atoms with Crippen LogP contribution in [-0.4, -0.2) is 36.6 Å². The average molecular weight is 1350 g/mol. The molecule has 0 spiro atoms. The van der Waals surface area contributed by atoms with Crippen molar-refractivity contribution in [1.29, 1.82) is 0 Å². The van der Waals surface area contributed by atoms with Gasteiger partial charge in [0.05, 0.1) is 28.1 Å². The van der Waals surface area contributed by atoms with Gasteiger partial charge in [-0.3, -0.25) is 0 Å². The predicted octanol–water partition coefficient (Wildman–Crippen LogP) is 23.7. The highest BCUT2D eigenvalue weighted by Gasteiger charge is 2.55. The van der Waals surface area contributed by atoms with Crippen molar-refractivity contribution in [2.24, 2.45) is 0 Å². The fraction of sp³-hybridized carbons (Fsp3) is 0.128. The van der Waals surface area contributed by atoms with E-state index in [1.807, 2.05) is 12.1 Å². The summed E-state index contributed by atoms with van der Waals surface area (Å²) in [5.74, 6) is 0. The van der Waals surface area contributed by atoms with Gasteiger partial charge in [0.2, 0.25) is 0 Å². The number of furan rings is 2. The third-order valence-electron chi connectivity index (χ3n) is 22.1. The highest BCUT2D eigenvalue weighted by molar-refractivity contribution is 6.63. The highest BCUT2D eigenvalue weighted by atomic mass is 16.7. The standard InChI is InChI=1S/C94H76B2N2O6/c1-91(2)92(3,4)102-95(101-91)72-55-70(65-28-15-10-16-29-65)57-77(59-72)97(74-47-41-66(42-48-74)63-24-11-8-12-25-63)75-51-45-69(46-52-75)81-35-22-36-84-83-53-40-62(54-88(83)100-89(81)84)61-94(7)93(5,6)103-96(104-94)73-56-71(80-34-21-31-68-30-17-18-32-79(68)80)58-78(60-73)98(76-49-43-67(44-50-76)64-26-13-9-14-27-64)86-38-23-37-85-82-33-19-20-39-87(82)99-90(85)86/h8-60H,61H2,1-7H3. The summed E-state index contributed by atoms with van der Waals surface area (Å²) in [5.41, 5.74) is 20.3. The van der Waals surface area contributed by atoms with Gasteiger partial charge in [0.15, 0.2) is 5.58 Å². The lowest BCUT2D eigenvalue weighted by Gasteiger charge is -2.36. The Balaban J connectivity index is 0.690. The van der Waals surface area contributed by atoms with Gasteiger partial charge in [-0.15, -0.1) is 0 Å². The smallest absolute Gasteiger partial charge is 0.455 e. The third kappa shape index (κ3) is 11.6. The van der Waals surface area contributed by atoms with Crippen molar-refractivity contribution < 1.29 is 27.5 Å². The van der Waals surface area contributed by atoms with Gasteiger partial charge in [0.1, 0.15) is 16.7 Å². The van der Waals surface area contributed by atoms with Gasteiger partial charge < -0.3 is 37.3 Å². The molecule has 14 aromatic carbocycles. The first-order chi connectivity index (χ1) is 50.6. The van der Waals surface area contributed by atoms with E-state index in [-0.39, 0.29) is 0 Å². The largest absolute Gasteiger partial charge is 0.494 e. The Morgan fingerprint density at radius 2 is 0.721 bits per heavy atom. The molecule has 2 fully saturated rings. The van der Waals surface area contributed by atoms with Crippen molar-refractivity contribution in [3.05, 3.63) is 327 Å². The zero-order valence-corrected chi connectivity index (χ0v) is 59.3. The summed E-state index contributed by atoms with van der Waals surface area (Å²) < 4.78 is 42.2. The fourth-order valence-corrected chi connectivity index (χ4v) is 15.4. The van der Waals surface area contributed by atoms with Gasteiger partial charge in [-0.1, -0.05) is 243 Å². The summed E-state index contributed by atoms with van der Waals surface area (Å²) >= 11 is 0. The van der Waals surface area contributed by atoms with E-state index in [2.05, 4.69) is 368 Å². The molecule has 504 valence electrons.